The van der Waals surface area contributed by atoms with Gasteiger partial charge in [-0.15, -0.1) is 0 Å². The molecular weight excluding hydrogens is 512 g/mol. The predicted octanol–water partition coefficient (Wildman–Crippen LogP) is 9.27. The molecule has 0 fully saturated rings. The van der Waals surface area contributed by atoms with Crippen molar-refractivity contribution in [2.24, 2.45) is 0 Å². The first-order valence-electron chi connectivity index (χ1n) is 13.9. The maximum Gasteiger partial charge on any atom is 0.163 e. The monoisotopic (exact) mass is 538 g/mol. The van der Waals surface area contributed by atoms with E-state index in [1.165, 1.54) is 5.56 Å². The van der Waals surface area contributed by atoms with Crippen molar-refractivity contribution in [3.63, 3.8) is 0 Å². The second-order valence-corrected chi connectivity index (χ2v) is 10.0. The molecule has 0 bridgehead atoms. The van der Waals surface area contributed by atoms with Gasteiger partial charge >= 0.3 is 0 Å². The fraction of sp³-hybridized carbons (Fsp3) is 0. The summed E-state index contributed by atoms with van der Waals surface area (Å²) in [5.74, 6) is 1.29. The molecule has 42 heavy (non-hydrogen) atoms. The van der Waals surface area contributed by atoms with Crippen molar-refractivity contribution in [1.82, 2.24) is 19.9 Å². The Hall–Kier alpha value is -5.74. The minimum absolute atomic E-state index is 0.642. The van der Waals surface area contributed by atoms with Crippen LogP contribution < -0.4 is 0 Å². The van der Waals surface area contributed by atoms with E-state index in [0.717, 1.165) is 50.2 Å². The van der Waals surface area contributed by atoms with E-state index in [1.807, 2.05) is 54.7 Å². The number of benzene rings is 5. The third kappa shape index (κ3) is 5.21. The van der Waals surface area contributed by atoms with Crippen molar-refractivity contribution in [2.45, 2.75) is 0 Å². The molecule has 0 radical (unpaired) electrons. The zero-order chi connectivity index (χ0) is 28.1. The minimum atomic E-state index is 0.642. The first-order valence-corrected chi connectivity index (χ1v) is 13.9. The van der Waals surface area contributed by atoms with Gasteiger partial charge in [-0.2, -0.15) is 0 Å². The van der Waals surface area contributed by atoms with Gasteiger partial charge in [0, 0.05) is 28.5 Å². The van der Waals surface area contributed by atoms with Gasteiger partial charge < -0.3 is 0 Å². The number of pyridine rings is 1. The highest BCUT2D eigenvalue weighted by Gasteiger charge is 2.11. The van der Waals surface area contributed by atoms with Gasteiger partial charge in [-0.25, -0.2) is 15.0 Å². The smallest absolute Gasteiger partial charge is 0.163 e. The average molecular weight is 539 g/mol. The quantitative estimate of drug-likeness (QED) is 0.212. The molecule has 5 aromatic carbocycles. The molecule has 7 rings (SSSR count). The van der Waals surface area contributed by atoms with E-state index < -0.39 is 0 Å². The van der Waals surface area contributed by atoms with Gasteiger partial charge in [0.05, 0.1) is 5.69 Å². The van der Waals surface area contributed by atoms with E-state index in [1.54, 1.807) is 6.33 Å². The van der Waals surface area contributed by atoms with E-state index in [-0.39, 0.29) is 0 Å². The van der Waals surface area contributed by atoms with Gasteiger partial charge in [0.1, 0.15) is 6.33 Å². The average Bonchev–Trinajstić information content (AvgIpc) is 3.09. The van der Waals surface area contributed by atoms with Crippen LogP contribution in [-0.4, -0.2) is 19.9 Å². The second-order valence-electron chi connectivity index (χ2n) is 10.0. The summed E-state index contributed by atoms with van der Waals surface area (Å²) in [5, 5.41) is 0. The number of hydrogen-bond acceptors (Lipinski definition) is 4. The molecule has 0 unspecified atom stereocenters. The summed E-state index contributed by atoms with van der Waals surface area (Å²) in [6, 6.07) is 50.0. The number of hydrogen-bond donors (Lipinski definition) is 0. The third-order valence-corrected chi connectivity index (χ3v) is 7.30. The largest absolute Gasteiger partial charge is 0.256 e. The van der Waals surface area contributed by atoms with Crippen molar-refractivity contribution in [1.29, 1.82) is 0 Å². The molecule has 4 heteroatoms. The Bertz CT molecular complexity index is 1970. The summed E-state index contributed by atoms with van der Waals surface area (Å²) >= 11 is 0. The molecule has 0 aliphatic heterocycles. The molecule has 198 valence electrons. The van der Waals surface area contributed by atoms with Crippen LogP contribution >= 0.6 is 0 Å². The Labute approximate surface area is 245 Å². The predicted molar refractivity (Wildman–Crippen MR) is 170 cm³/mol. The molecule has 0 saturated carbocycles. The Morgan fingerprint density at radius 3 is 1.57 bits per heavy atom. The normalized spacial score (nSPS) is 10.9. The topological polar surface area (TPSA) is 51.6 Å². The van der Waals surface area contributed by atoms with Crippen molar-refractivity contribution < 1.29 is 0 Å². The third-order valence-electron chi connectivity index (χ3n) is 7.30. The van der Waals surface area contributed by atoms with Gasteiger partial charge in [-0.05, 0) is 46.0 Å². The van der Waals surface area contributed by atoms with E-state index in [4.69, 9.17) is 9.97 Å². The summed E-state index contributed by atoms with van der Waals surface area (Å²) in [5.41, 5.74) is 10.7. The van der Waals surface area contributed by atoms with Crippen LogP contribution in [0.5, 0.6) is 0 Å². The number of nitrogens with zero attached hydrogens (tertiary/aromatic N) is 4. The van der Waals surface area contributed by atoms with Crippen LogP contribution in [0, 0.1) is 0 Å². The van der Waals surface area contributed by atoms with Crippen LogP contribution in [0.25, 0.3) is 67.4 Å². The maximum absolute atomic E-state index is 4.83. The molecule has 0 aliphatic rings. The van der Waals surface area contributed by atoms with Gasteiger partial charge in [-0.3, -0.25) is 4.98 Å². The lowest BCUT2D eigenvalue weighted by atomic mass is 9.95. The molecule has 4 nitrogen and oxygen atoms in total. The first kappa shape index (κ1) is 25.2. The van der Waals surface area contributed by atoms with Crippen LogP contribution in [0.1, 0.15) is 0 Å². The highest BCUT2D eigenvalue weighted by Crippen LogP contribution is 2.33. The Morgan fingerprint density at radius 1 is 0.333 bits per heavy atom. The molecule has 0 spiro atoms. The lowest BCUT2D eigenvalue weighted by Gasteiger charge is -2.11. The van der Waals surface area contributed by atoms with Crippen molar-refractivity contribution in [2.75, 3.05) is 0 Å². The zero-order valence-corrected chi connectivity index (χ0v) is 22.8. The SMILES string of the molecule is c1ccc(-c2ccc(-c3ncnc(-c4cccc(-c5cccc(-c6cccnc6-c6ccccc6)c5)c4)n3)cc2)cc1. The first-order chi connectivity index (χ1) is 20.8. The van der Waals surface area contributed by atoms with Crippen LogP contribution in [0.15, 0.2) is 158 Å². The number of aromatic nitrogens is 4. The van der Waals surface area contributed by atoms with Gasteiger partial charge in [0.15, 0.2) is 11.6 Å². The highest BCUT2D eigenvalue weighted by atomic mass is 15.0. The summed E-state index contributed by atoms with van der Waals surface area (Å²) in [6.07, 6.45) is 3.43. The molecule has 0 saturated heterocycles. The molecule has 0 atom stereocenters. The molecule has 0 N–H and O–H groups in total. The van der Waals surface area contributed by atoms with E-state index in [2.05, 4.69) is 107 Å². The zero-order valence-electron chi connectivity index (χ0n) is 22.8. The van der Waals surface area contributed by atoms with Crippen molar-refractivity contribution >= 4 is 0 Å². The second kappa shape index (κ2) is 11.4. The molecule has 7 aromatic rings. The van der Waals surface area contributed by atoms with E-state index in [0.29, 0.717) is 11.6 Å². The van der Waals surface area contributed by atoms with Crippen molar-refractivity contribution in [3.05, 3.63) is 158 Å². The minimum Gasteiger partial charge on any atom is -0.256 e. The summed E-state index contributed by atoms with van der Waals surface area (Å²) < 4.78 is 0. The molecule has 0 amide bonds. The van der Waals surface area contributed by atoms with Gasteiger partial charge in [-0.1, -0.05) is 127 Å². The van der Waals surface area contributed by atoms with E-state index in [9.17, 15) is 0 Å². The van der Waals surface area contributed by atoms with Crippen molar-refractivity contribution in [3.8, 4) is 67.4 Å². The Kier molecular flexibility index (Phi) is 6.85. The summed E-state index contributed by atoms with van der Waals surface area (Å²) in [7, 11) is 0. The molecule has 0 aliphatic carbocycles. The lowest BCUT2D eigenvalue weighted by Crippen LogP contribution is -1.95. The molecule has 2 heterocycles. The number of rotatable bonds is 6. The standard InChI is InChI=1S/C38H26N4/c1-3-10-27(11-4-1)28-19-21-30(22-20-28)37-40-26-41-38(42-37)34-17-8-15-32(25-34)31-14-7-16-33(24-31)35-18-9-23-39-36(35)29-12-5-2-6-13-29/h1-26H. The lowest BCUT2D eigenvalue weighted by molar-refractivity contribution is 1.07. The summed E-state index contributed by atoms with van der Waals surface area (Å²) in [4.78, 5) is 18.5. The summed E-state index contributed by atoms with van der Waals surface area (Å²) in [6.45, 7) is 0. The molecule has 2 aromatic heterocycles. The maximum atomic E-state index is 4.83. The van der Waals surface area contributed by atoms with Crippen LogP contribution in [0.4, 0.5) is 0 Å². The molecular formula is C38H26N4. The fourth-order valence-electron chi connectivity index (χ4n) is 5.19. The van der Waals surface area contributed by atoms with Gasteiger partial charge in [0.2, 0.25) is 0 Å². The fourth-order valence-corrected chi connectivity index (χ4v) is 5.19. The van der Waals surface area contributed by atoms with Crippen LogP contribution in [-0.2, 0) is 0 Å². The van der Waals surface area contributed by atoms with Gasteiger partial charge in [0.25, 0.3) is 0 Å². The van der Waals surface area contributed by atoms with Crippen LogP contribution in [0.2, 0.25) is 0 Å². The Balaban J connectivity index is 1.19. The van der Waals surface area contributed by atoms with Crippen LogP contribution in [0.3, 0.4) is 0 Å². The van der Waals surface area contributed by atoms with E-state index >= 15 is 0 Å². The highest BCUT2D eigenvalue weighted by molar-refractivity contribution is 5.83. The Morgan fingerprint density at radius 2 is 0.857 bits per heavy atom.